The third-order valence-corrected chi connectivity index (χ3v) is 1.35. The van der Waals surface area contributed by atoms with Gasteiger partial charge in [0.2, 0.25) is 0 Å². The highest BCUT2D eigenvalue weighted by molar-refractivity contribution is 5.99. The van der Waals surface area contributed by atoms with Crippen molar-refractivity contribution < 1.29 is 4.79 Å². The zero-order chi connectivity index (χ0) is 8.10. The summed E-state index contributed by atoms with van der Waals surface area (Å²) >= 11 is 0. The van der Waals surface area contributed by atoms with Gasteiger partial charge in [-0.15, -0.1) is 0 Å². The molecule has 0 aromatic carbocycles. The molecule has 0 amide bonds. The number of carbonyl (C=O) groups excluding carboxylic acids is 1. The van der Waals surface area contributed by atoms with Crippen LogP contribution in [0.3, 0.4) is 0 Å². The van der Waals surface area contributed by atoms with Crippen molar-refractivity contribution in [2.75, 3.05) is 6.54 Å². The van der Waals surface area contributed by atoms with Gasteiger partial charge < -0.3 is 5.32 Å². The van der Waals surface area contributed by atoms with Crippen molar-refractivity contribution in [1.29, 1.82) is 5.26 Å². The van der Waals surface area contributed by atoms with E-state index in [0.29, 0.717) is 5.57 Å². The fraction of sp³-hybridized carbons (Fsp3) is 0.250. The molecule has 11 heavy (non-hydrogen) atoms. The maximum atomic E-state index is 11.0. The van der Waals surface area contributed by atoms with Gasteiger partial charge in [-0.2, -0.15) is 5.26 Å². The molecule has 1 aliphatic heterocycles. The molecule has 0 aromatic heterocycles. The number of carbonyl (C=O) groups is 1. The molecule has 1 N–H and O–H groups in total. The van der Waals surface area contributed by atoms with Crippen molar-refractivity contribution in [1.82, 2.24) is 5.32 Å². The van der Waals surface area contributed by atoms with Gasteiger partial charge in [0.15, 0.2) is 5.78 Å². The third-order valence-electron chi connectivity index (χ3n) is 1.35. The van der Waals surface area contributed by atoms with Crippen LogP contribution in [0.15, 0.2) is 23.9 Å². The molecular formula is C8H8N2O. The van der Waals surface area contributed by atoms with Crippen LogP contribution in [0.5, 0.6) is 0 Å². The summed E-state index contributed by atoms with van der Waals surface area (Å²) in [6.45, 7) is 0.753. The lowest BCUT2D eigenvalue weighted by molar-refractivity contribution is -0.114. The molecular weight excluding hydrogens is 140 g/mol. The van der Waals surface area contributed by atoms with Gasteiger partial charge in [-0.3, -0.25) is 4.79 Å². The number of nitrogens with zero attached hydrogens (tertiary/aromatic N) is 1. The van der Waals surface area contributed by atoms with Crippen LogP contribution in [0, 0.1) is 11.3 Å². The Balaban J connectivity index is 2.61. The Morgan fingerprint density at radius 3 is 3.18 bits per heavy atom. The molecule has 0 radical (unpaired) electrons. The highest BCUT2D eigenvalue weighted by Crippen LogP contribution is 2.03. The van der Waals surface area contributed by atoms with Crippen LogP contribution >= 0.6 is 0 Å². The van der Waals surface area contributed by atoms with Crippen LogP contribution < -0.4 is 5.32 Å². The van der Waals surface area contributed by atoms with E-state index in [1.54, 1.807) is 12.3 Å². The number of allylic oxidation sites excluding steroid dienone is 2. The predicted octanol–water partition coefficient (Wildman–Crippen LogP) is 0.512. The molecule has 0 aliphatic carbocycles. The van der Waals surface area contributed by atoms with E-state index in [1.807, 2.05) is 12.1 Å². The van der Waals surface area contributed by atoms with E-state index < -0.39 is 0 Å². The van der Waals surface area contributed by atoms with Crippen molar-refractivity contribution in [2.24, 2.45) is 0 Å². The van der Waals surface area contributed by atoms with E-state index in [9.17, 15) is 4.79 Å². The van der Waals surface area contributed by atoms with E-state index in [0.717, 1.165) is 6.54 Å². The number of nitrogens with one attached hydrogen (secondary N) is 1. The Labute approximate surface area is 65.0 Å². The first-order valence-electron chi connectivity index (χ1n) is 3.35. The van der Waals surface area contributed by atoms with E-state index in [1.165, 1.54) is 0 Å². The molecule has 1 heterocycles. The molecule has 0 saturated heterocycles. The SMILES string of the molecule is N#CCC(=O)C1=CNCC=C1. The van der Waals surface area contributed by atoms with Crippen molar-refractivity contribution in [3.8, 4) is 6.07 Å². The molecule has 1 rings (SSSR count). The van der Waals surface area contributed by atoms with Crippen LogP contribution in [0.2, 0.25) is 0 Å². The van der Waals surface area contributed by atoms with E-state index in [2.05, 4.69) is 5.32 Å². The molecule has 0 atom stereocenters. The Kier molecular flexibility index (Phi) is 2.45. The van der Waals surface area contributed by atoms with Crippen molar-refractivity contribution in [3.05, 3.63) is 23.9 Å². The largest absolute Gasteiger partial charge is 0.387 e. The van der Waals surface area contributed by atoms with E-state index in [4.69, 9.17) is 5.26 Å². The summed E-state index contributed by atoms with van der Waals surface area (Å²) in [5, 5.41) is 11.1. The lowest BCUT2D eigenvalue weighted by Gasteiger charge is -2.04. The summed E-state index contributed by atoms with van der Waals surface area (Å²) in [4.78, 5) is 11.0. The van der Waals surface area contributed by atoms with E-state index in [-0.39, 0.29) is 12.2 Å². The molecule has 3 nitrogen and oxygen atoms in total. The molecule has 0 unspecified atom stereocenters. The van der Waals surface area contributed by atoms with Gasteiger partial charge in [-0.05, 0) is 0 Å². The maximum absolute atomic E-state index is 11.0. The summed E-state index contributed by atoms with van der Waals surface area (Å²) in [6, 6.07) is 1.81. The molecule has 0 spiro atoms. The Hall–Kier alpha value is -1.56. The second-order valence-corrected chi connectivity index (χ2v) is 2.17. The van der Waals surface area contributed by atoms with Crippen LogP contribution in [-0.4, -0.2) is 12.3 Å². The summed E-state index contributed by atoms with van der Waals surface area (Å²) < 4.78 is 0. The average molecular weight is 148 g/mol. The molecule has 3 heteroatoms. The highest BCUT2D eigenvalue weighted by atomic mass is 16.1. The Morgan fingerprint density at radius 1 is 1.82 bits per heavy atom. The maximum Gasteiger partial charge on any atom is 0.178 e. The number of Topliss-reactive ketones (excluding diaryl/α,β-unsaturated/α-hetero) is 1. The lowest BCUT2D eigenvalue weighted by atomic mass is 10.1. The summed E-state index contributed by atoms with van der Waals surface area (Å²) in [7, 11) is 0. The van der Waals surface area contributed by atoms with E-state index >= 15 is 0 Å². The first-order chi connectivity index (χ1) is 5.34. The minimum absolute atomic E-state index is 0.0438. The van der Waals surface area contributed by atoms with Gasteiger partial charge in [0, 0.05) is 18.3 Å². The van der Waals surface area contributed by atoms with Crippen LogP contribution in [-0.2, 0) is 4.79 Å². The smallest absolute Gasteiger partial charge is 0.178 e. The van der Waals surface area contributed by atoms with Crippen molar-refractivity contribution >= 4 is 5.78 Å². The first kappa shape index (κ1) is 7.55. The minimum Gasteiger partial charge on any atom is -0.387 e. The zero-order valence-electron chi connectivity index (χ0n) is 6.00. The van der Waals surface area contributed by atoms with Gasteiger partial charge in [-0.1, -0.05) is 12.2 Å². The predicted molar refractivity (Wildman–Crippen MR) is 40.5 cm³/mol. The molecule has 0 fully saturated rings. The number of nitriles is 1. The zero-order valence-corrected chi connectivity index (χ0v) is 6.00. The molecule has 0 aromatic rings. The monoisotopic (exact) mass is 148 g/mol. The third kappa shape index (κ3) is 1.94. The number of hydrogen-bond donors (Lipinski definition) is 1. The first-order valence-corrected chi connectivity index (χ1v) is 3.35. The number of rotatable bonds is 2. The van der Waals surface area contributed by atoms with Crippen molar-refractivity contribution in [2.45, 2.75) is 6.42 Å². The van der Waals surface area contributed by atoms with Gasteiger partial charge in [-0.25, -0.2) is 0 Å². The summed E-state index contributed by atoms with van der Waals surface area (Å²) in [5.41, 5.74) is 0.581. The van der Waals surface area contributed by atoms with Crippen LogP contribution in [0.4, 0.5) is 0 Å². The van der Waals surface area contributed by atoms with Gasteiger partial charge in [0.05, 0.1) is 12.5 Å². The minimum atomic E-state index is -0.129. The van der Waals surface area contributed by atoms with Gasteiger partial charge >= 0.3 is 0 Å². The Morgan fingerprint density at radius 2 is 2.64 bits per heavy atom. The molecule has 1 aliphatic rings. The lowest BCUT2D eigenvalue weighted by Crippen LogP contribution is -2.13. The standard InChI is InChI=1S/C8H8N2O/c9-4-3-8(11)7-2-1-5-10-6-7/h1-2,6,10H,3,5H2. The highest BCUT2D eigenvalue weighted by Gasteiger charge is 2.06. The second kappa shape index (κ2) is 3.57. The summed E-state index contributed by atoms with van der Waals surface area (Å²) in [6.07, 6.45) is 5.18. The van der Waals surface area contributed by atoms with Crippen LogP contribution in [0.25, 0.3) is 0 Å². The van der Waals surface area contributed by atoms with Gasteiger partial charge in [0.25, 0.3) is 0 Å². The molecule has 0 saturated carbocycles. The van der Waals surface area contributed by atoms with Crippen molar-refractivity contribution in [3.63, 3.8) is 0 Å². The number of dihydropyridines is 1. The average Bonchev–Trinajstić information content (AvgIpc) is 2.07. The van der Waals surface area contributed by atoms with Gasteiger partial charge in [0.1, 0.15) is 0 Å². The fourth-order valence-electron chi connectivity index (χ4n) is 0.818. The number of hydrogen-bond acceptors (Lipinski definition) is 3. The van der Waals surface area contributed by atoms with Crippen LogP contribution in [0.1, 0.15) is 6.42 Å². The molecule has 56 valence electrons. The quantitative estimate of drug-likeness (QED) is 0.620. The Bertz CT molecular complexity index is 258. The topological polar surface area (TPSA) is 52.9 Å². The fourth-order valence-corrected chi connectivity index (χ4v) is 0.818. The second-order valence-electron chi connectivity index (χ2n) is 2.17. The molecule has 0 bridgehead atoms. The normalized spacial score (nSPS) is 14.6. The summed E-state index contributed by atoms with van der Waals surface area (Å²) in [5.74, 6) is -0.129. The number of ketones is 1.